The number of amides is 1. The van der Waals surface area contributed by atoms with Crippen LogP contribution < -0.4 is 5.32 Å². The molecule has 2 heterocycles. The second-order valence-corrected chi connectivity index (χ2v) is 4.71. The lowest BCUT2D eigenvalue weighted by Crippen LogP contribution is -2.26. The SMILES string of the molecule is CC(NC(=O)c1cnc[nH]1)c1cnn(-c2ccccc2)c1. The van der Waals surface area contributed by atoms with Gasteiger partial charge in [-0.15, -0.1) is 0 Å². The fourth-order valence-corrected chi connectivity index (χ4v) is 2.02. The first-order valence-electron chi connectivity index (χ1n) is 6.63. The van der Waals surface area contributed by atoms with E-state index in [0.717, 1.165) is 11.3 Å². The minimum atomic E-state index is -0.188. The lowest BCUT2D eigenvalue weighted by Gasteiger charge is -2.10. The highest BCUT2D eigenvalue weighted by atomic mass is 16.1. The smallest absolute Gasteiger partial charge is 0.269 e. The molecule has 0 spiro atoms. The maximum atomic E-state index is 12.0. The molecule has 0 fully saturated rings. The summed E-state index contributed by atoms with van der Waals surface area (Å²) in [6.45, 7) is 1.92. The van der Waals surface area contributed by atoms with Gasteiger partial charge in [-0.05, 0) is 19.1 Å². The zero-order chi connectivity index (χ0) is 14.7. The van der Waals surface area contributed by atoms with Gasteiger partial charge in [-0.3, -0.25) is 4.79 Å². The molecule has 0 aliphatic heterocycles. The van der Waals surface area contributed by atoms with Crippen LogP contribution in [0, 0.1) is 0 Å². The van der Waals surface area contributed by atoms with E-state index >= 15 is 0 Å². The summed E-state index contributed by atoms with van der Waals surface area (Å²) in [6, 6.07) is 9.69. The number of nitrogens with one attached hydrogen (secondary N) is 2. The van der Waals surface area contributed by atoms with Crippen molar-refractivity contribution in [1.29, 1.82) is 0 Å². The van der Waals surface area contributed by atoms with Crippen molar-refractivity contribution in [2.75, 3.05) is 0 Å². The molecule has 0 radical (unpaired) electrons. The van der Waals surface area contributed by atoms with E-state index in [1.165, 1.54) is 12.5 Å². The maximum Gasteiger partial charge on any atom is 0.269 e. The molecule has 0 aliphatic carbocycles. The van der Waals surface area contributed by atoms with Gasteiger partial charge in [-0.25, -0.2) is 9.67 Å². The van der Waals surface area contributed by atoms with Crippen molar-refractivity contribution >= 4 is 5.91 Å². The monoisotopic (exact) mass is 281 g/mol. The number of rotatable bonds is 4. The molecule has 21 heavy (non-hydrogen) atoms. The van der Waals surface area contributed by atoms with Crippen LogP contribution in [0.25, 0.3) is 5.69 Å². The number of carbonyl (C=O) groups is 1. The molecule has 1 amide bonds. The molecule has 0 aliphatic rings. The Kier molecular flexibility index (Phi) is 3.51. The van der Waals surface area contributed by atoms with E-state index in [1.807, 2.05) is 43.5 Å². The highest BCUT2D eigenvalue weighted by Crippen LogP contribution is 2.14. The number of hydrogen-bond acceptors (Lipinski definition) is 3. The maximum absolute atomic E-state index is 12.0. The third-order valence-corrected chi connectivity index (χ3v) is 3.21. The van der Waals surface area contributed by atoms with Gasteiger partial charge in [0.15, 0.2) is 0 Å². The van der Waals surface area contributed by atoms with Gasteiger partial charge in [0.1, 0.15) is 5.69 Å². The number of hydrogen-bond donors (Lipinski definition) is 2. The summed E-state index contributed by atoms with van der Waals surface area (Å²) < 4.78 is 1.79. The Morgan fingerprint density at radius 3 is 2.81 bits per heavy atom. The summed E-state index contributed by atoms with van der Waals surface area (Å²) in [4.78, 5) is 18.6. The van der Waals surface area contributed by atoms with Crippen LogP contribution in [-0.2, 0) is 0 Å². The number of imidazole rings is 1. The molecule has 1 atom stereocenters. The second kappa shape index (κ2) is 5.62. The van der Waals surface area contributed by atoms with Crippen LogP contribution in [0.15, 0.2) is 55.2 Å². The topological polar surface area (TPSA) is 75.6 Å². The van der Waals surface area contributed by atoms with E-state index in [2.05, 4.69) is 20.4 Å². The molecule has 1 unspecified atom stereocenters. The Bertz CT molecular complexity index is 718. The first kappa shape index (κ1) is 13.1. The largest absolute Gasteiger partial charge is 0.344 e. The predicted molar refractivity (Wildman–Crippen MR) is 78.0 cm³/mol. The van der Waals surface area contributed by atoms with Crippen LogP contribution in [0.3, 0.4) is 0 Å². The van der Waals surface area contributed by atoms with E-state index in [-0.39, 0.29) is 11.9 Å². The molecule has 1 aromatic carbocycles. The number of H-pyrrole nitrogens is 1. The molecule has 2 aromatic heterocycles. The molecule has 2 N–H and O–H groups in total. The fourth-order valence-electron chi connectivity index (χ4n) is 2.02. The third kappa shape index (κ3) is 2.84. The average Bonchev–Trinajstić information content (AvgIpc) is 3.20. The highest BCUT2D eigenvalue weighted by molar-refractivity contribution is 5.92. The molecule has 0 saturated carbocycles. The molecule has 0 saturated heterocycles. The van der Waals surface area contributed by atoms with Crippen LogP contribution >= 0.6 is 0 Å². The zero-order valence-electron chi connectivity index (χ0n) is 11.5. The summed E-state index contributed by atoms with van der Waals surface area (Å²) in [5, 5.41) is 7.22. The summed E-state index contributed by atoms with van der Waals surface area (Å²) in [6.07, 6.45) is 6.64. The Balaban J connectivity index is 1.73. The van der Waals surface area contributed by atoms with E-state index < -0.39 is 0 Å². The Hall–Kier alpha value is -2.89. The fraction of sp³-hybridized carbons (Fsp3) is 0.133. The molecule has 6 nitrogen and oxygen atoms in total. The van der Waals surface area contributed by atoms with Crippen LogP contribution in [0.2, 0.25) is 0 Å². The van der Waals surface area contributed by atoms with E-state index in [4.69, 9.17) is 0 Å². The number of nitrogens with zero attached hydrogens (tertiary/aromatic N) is 3. The second-order valence-electron chi connectivity index (χ2n) is 4.71. The van der Waals surface area contributed by atoms with Gasteiger partial charge in [0.25, 0.3) is 5.91 Å². The van der Waals surface area contributed by atoms with Gasteiger partial charge >= 0.3 is 0 Å². The van der Waals surface area contributed by atoms with Gasteiger partial charge < -0.3 is 10.3 Å². The number of aromatic nitrogens is 4. The van der Waals surface area contributed by atoms with E-state index in [0.29, 0.717) is 5.69 Å². The van der Waals surface area contributed by atoms with E-state index in [1.54, 1.807) is 10.9 Å². The summed E-state index contributed by atoms with van der Waals surface area (Å²) >= 11 is 0. The predicted octanol–water partition coefficient (Wildman–Crippen LogP) is 2.09. The zero-order valence-corrected chi connectivity index (χ0v) is 11.5. The molecule has 106 valence electrons. The minimum absolute atomic E-state index is 0.140. The van der Waals surface area contributed by atoms with Crippen molar-refractivity contribution in [3.63, 3.8) is 0 Å². The summed E-state index contributed by atoms with van der Waals surface area (Å²) in [5.41, 5.74) is 2.36. The van der Waals surface area contributed by atoms with Gasteiger partial charge in [-0.1, -0.05) is 18.2 Å². The number of carbonyl (C=O) groups excluding carboxylic acids is 1. The molecule has 3 aromatic rings. The van der Waals surface area contributed by atoms with Crippen LogP contribution in [0.5, 0.6) is 0 Å². The van der Waals surface area contributed by atoms with Crippen molar-refractivity contribution < 1.29 is 4.79 Å². The normalized spacial score (nSPS) is 12.0. The Morgan fingerprint density at radius 1 is 1.29 bits per heavy atom. The molecular formula is C15H15N5O. The number of aromatic amines is 1. The van der Waals surface area contributed by atoms with Crippen molar-refractivity contribution in [2.24, 2.45) is 0 Å². The molecular weight excluding hydrogens is 266 g/mol. The summed E-state index contributed by atoms with van der Waals surface area (Å²) in [7, 11) is 0. The average molecular weight is 281 g/mol. The Morgan fingerprint density at radius 2 is 2.10 bits per heavy atom. The van der Waals surface area contributed by atoms with Gasteiger partial charge in [-0.2, -0.15) is 5.10 Å². The van der Waals surface area contributed by atoms with Crippen molar-refractivity contribution in [3.8, 4) is 5.69 Å². The van der Waals surface area contributed by atoms with Crippen molar-refractivity contribution in [3.05, 3.63) is 66.5 Å². The highest BCUT2D eigenvalue weighted by Gasteiger charge is 2.14. The van der Waals surface area contributed by atoms with Crippen molar-refractivity contribution in [2.45, 2.75) is 13.0 Å². The standard InChI is InChI=1S/C15H15N5O/c1-11(19-15(21)14-8-16-10-17-14)12-7-18-20(9-12)13-5-3-2-4-6-13/h2-11H,1H3,(H,16,17)(H,19,21). The van der Waals surface area contributed by atoms with Gasteiger partial charge in [0.2, 0.25) is 0 Å². The Labute approximate surface area is 121 Å². The van der Waals surface area contributed by atoms with Gasteiger partial charge in [0.05, 0.1) is 30.5 Å². The van der Waals surface area contributed by atoms with Crippen molar-refractivity contribution in [1.82, 2.24) is 25.1 Å². The van der Waals surface area contributed by atoms with Crippen LogP contribution in [0.1, 0.15) is 29.0 Å². The lowest BCUT2D eigenvalue weighted by atomic mass is 10.2. The van der Waals surface area contributed by atoms with E-state index in [9.17, 15) is 4.79 Å². The molecule has 6 heteroatoms. The first-order valence-corrected chi connectivity index (χ1v) is 6.63. The minimum Gasteiger partial charge on any atom is -0.344 e. The number of benzene rings is 1. The number of para-hydroxylation sites is 1. The van der Waals surface area contributed by atoms with Crippen LogP contribution in [-0.4, -0.2) is 25.7 Å². The summed E-state index contributed by atoms with van der Waals surface area (Å²) in [5.74, 6) is -0.188. The lowest BCUT2D eigenvalue weighted by molar-refractivity contribution is 0.0935. The molecule has 3 rings (SSSR count). The first-order chi connectivity index (χ1) is 10.2. The van der Waals surface area contributed by atoms with Gasteiger partial charge in [0, 0.05) is 11.8 Å². The van der Waals surface area contributed by atoms with Crippen LogP contribution in [0.4, 0.5) is 0 Å². The quantitative estimate of drug-likeness (QED) is 0.769. The molecule has 0 bridgehead atoms. The third-order valence-electron chi connectivity index (χ3n) is 3.21.